The first-order chi connectivity index (χ1) is 8.47. The Kier molecular flexibility index (Phi) is 2.30. The highest BCUT2D eigenvalue weighted by atomic mass is 16.5. The van der Waals surface area contributed by atoms with Crippen LogP contribution >= 0.6 is 0 Å². The highest BCUT2D eigenvalue weighted by molar-refractivity contribution is 6.09. The minimum Gasteiger partial charge on any atom is -0.465 e. The van der Waals surface area contributed by atoms with Crippen LogP contribution in [0.1, 0.15) is 39.5 Å². The lowest BCUT2D eigenvalue weighted by molar-refractivity contribution is -0.180. The molecule has 0 radical (unpaired) electrons. The van der Waals surface area contributed by atoms with Crippen LogP contribution in [-0.2, 0) is 14.3 Å². The van der Waals surface area contributed by atoms with Crippen molar-refractivity contribution in [3.8, 4) is 0 Å². The monoisotopic (exact) mass is 248 g/mol. The first kappa shape index (κ1) is 11.9. The number of hydrogen-bond acceptors (Lipinski definition) is 3. The third-order valence-corrected chi connectivity index (χ3v) is 5.70. The smallest absolute Gasteiger partial charge is 0.320 e. The maximum Gasteiger partial charge on any atom is 0.320 e. The molecule has 3 rings (SSSR count). The molecule has 0 aromatic heterocycles. The predicted octanol–water partition coefficient (Wildman–Crippen LogP) is 2.50. The first-order valence-corrected chi connectivity index (χ1v) is 6.85. The highest BCUT2D eigenvalue weighted by Gasteiger charge is 2.76. The Morgan fingerprint density at radius 1 is 1.44 bits per heavy atom. The maximum absolute atomic E-state index is 12.7. The van der Waals surface area contributed by atoms with Crippen molar-refractivity contribution in [2.75, 3.05) is 6.61 Å². The lowest BCUT2D eigenvalue weighted by Gasteiger charge is -2.52. The number of hydrogen-bond donors (Lipinski definition) is 0. The minimum atomic E-state index is -0.820. The molecule has 3 saturated carbocycles. The molecule has 3 aliphatic rings. The van der Waals surface area contributed by atoms with Gasteiger partial charge in [-0.3, -0.25) is 9.59 Å². The van der Waals surface area contributed by atoms with Crippen LogP contribution in [0.4, 0.5) is 0 Å². The van der Waals surface area contributed by atoms with Gasteiger partial charge in [0.05, 0.1) is 6.61 Å². The maximum atomic E-state index is 12.7. The lowest BCUT2D eigenvalue weighted by Crippen LogP contribution is -2.57. The molecule has 0 N–H and O–H groups in total. The van der Waals surface area contributed by atoms with E-state index in [0.29, 0.717) is 18.9 Å². The Labute approximate surface area is 108 Å². The predicted molar refractivity (Wildman–Crippen MR) is 66.8 cm³/mol. The number of allylic oxidation sites excluding steroid dienone is 1. The second kappa shape index (κ2) is 3.46. The van der Waals surface area contributed by atoms with Crippen molar-refractivity contribution in [2.24, 2.45) is 22.7 Å². The summed E-state index contributed by atoms with van der Waals surface area (Å²) in [4.78, 5) is 25.0. The van der Waals surface area contributed by atoms with E-state index in [-0.39, 0.29) is 23.1 Å². The van der Waals surface area contributed by atoms with Gasteiger partial charge in [-0.25, -0.2) is 0 Å². The molecule has 0 saturated heterocycles. The van der Waals surface area contributed by atoms with Gasteiger partial charge in [0.2, 0.25) is 0 Å². The molecule has 0 aliphatic heterocycles. The number of carbonyl (C=O) groups excluding carboxylic acids is 2. The number of esters is 1. The SMILES string of the molecule is C=C1C[C@@H]2C(=O)[C@@]3(C(=O)OCC)CC[C@@]3(C)[C@@H]2C1. The second-order valence-corrected chi connectivity index (χ2v) is 6.28. The van der Waals surface area contributed by atoms with Crippen LogP contribution in [0.15, 0.2) is 12.2 Å². The van der Waals surface area contributed by atoms with Crippen molar-refractivity contribution >= 4 is 11.8 Å². The topological polar surface area (TPSA) is 43.4 Å². The van der Waals surface area contributed by atoms with Gasteiger partial charge in [-0.15, -0.1) is 0 Å². The molecule has 3 aliphatic carbocycles. The van der Waals surface area contributed by atoms with E-state index in [1.54, 1.807) is 6.92 Å². The van der Waals surface area contributed by atoms with Crippen molar-refractivity contribution in [3.63, 3.8) is 0 Å². The van der Waals surface area contributed by atoms with Gasteiger partial charge in [-0.1, -0.05) is 19.1 Å². The van der Waals surface area contributed by atoms with Crippen LogP contribution in [0.5, 0.6) is 0 Å². The third-order valence-electron chi connectivity index (χ3n) is 5.70. The fraction of sp³-hybridized carbons (Fsp3) is 0.733. The molecule has 4 atom stereocenters. The summed E-state index contributed by atoms with van der Waals surface area (Å²) in [6.07, 6.45) is 3.33. The third kappa shape index (κ3) is 1.07. The van der Waals surface area contributed by atoms with Crippen molar-refractivity contribution in [2.45, 2.75) is 39.5 Å². The average molecular weight is 248 g/mol. The van der Waals surface area contributed by atoms with Crippen LogP contribution in [0.25, 0.3) is 0 Å². The van der Waals surface area contributed by atoms with E-state index < -0.39 is 5.41 Å². The van der Waals surface area contributed by atoms with Crippen molar-refractivity contribution in [1.29, 1.82) is 0 Å². The molecule has 0 heterocycles. The fourth-order valence-electron chi connectivity index (χ4n) is 4.62. The molecule has 0 aromatic carbocycles. The molecule has 0 aromatic rings. The van der Waals surface area contributed by atoms with Crippen LogP contribution in [0.3, 0.4) is 0 Å². The van der Waals surface area contributed by atoms with E-state index in [1.807, 2.05) is 0 Å². The van der Waals surface area contributed by atoms with Gasteiger partial charge in [0.15, 0.2) is 5.78 Å². The zero-order valence-electron chi connectivity index (χ0n) is 11.1. The van der Waals surface area contributed by atoms with Gasteiger partial charge in [0.25, 0.3) is 0 Å². The number of Topliss-reactive ketones (excluding diaryl/α,β-unsaturated/α-hetero) is 1. The molecule has 3 fully saturated rings. The molecule has 0 amide bonds. The number of rotatable bonds is 2. The Bertz CT molecular complexity index is 453. The molecular weight excluding hydrogens is 228 g/mol. The number of ether oxygens (including phenoxy) is 1. The quantitative estimate of drug-likeness (QED) is 0.428. The van der Waals surface area contributed by atoms with Gasteiger partial charge in [0.1, 0.15) is 5.41 Å². The van der Waals surface area contributed by atoms with Crippen molar-refractivity contribution in [1.82, 2.24) is 0 Å². The Hall–Kier alpha value is -1.12. The summed E-state index contributed by atoms with van der Waals surface area (Å²) >= 11 is 0. The summed E-state index contributed by atoms with van der Waals surface area (Å²) in [7, 11) is 0. The summed E-state index contributed by atoms with van der Waals surface area (Å²) < 4.78 is 5.20. The highest BCUT2D eigenvalue weighted by Crippen LogP contribution is 2.72. The molecule has 3 nitrogen and oxygen atoms in total. The number of ketones is 1. The average Bonchev–Trinajstić information content (AvgIpc) is 2.73. The minimum absolute atomic E-state index is 0.0226. The van der Waals surface area contributed by atoms with Gasteiger partial charge in [-0.2, -0.15) is 0 Å². The molecule has 18 heavy (non-hydrogen) atoms. The Balaban J connectivity index is 2.01. The molecular formula is C15H20O3. The van der Waals surface area contributed by atoms with Crippen LogP contribution < -0.4 is 0 Å². The van der Waals surface area contributed by atoms with Gasteiger partial charge in [-0.05, 0) is 43.9 Å². The molecule has 0 unspecified atom stereocenters. The van der Waals surface area contributed by atoms with Gasteiger partial charge < -0.3 is 4.74 Å². The van der Waals surface area contributed by atoms with Crippen molar-refractivity contribution in [3.05, 3.63) is 12.2 Å². The molecule has 98 valence electrons. The summed E-state index contributed by atoms with van der Waals surface area (Å²) in [5, 5.41) is 0. The first-order valence-electron chi connectivity index (χ1n) is 6.85. The Morgan fingerprint density at radius 3 is 2.72 bits per heavy atom. The standard InChI is InChI=1S/C15H20O3/c1-4-18-13(17)15-6-5-14(15,3)11-8-9(2)7-10(11)12(15)16/h10-11H,2,4-8H2,1,3H3/t10-,11+,14-,15+/m0/s1. The zero-order chi connectivity index (χ0) is 13.1. The largest absolute Gasteiger partial charge is 0.465 e. The summed E-state index contributed by atoms with van der Waals surface area (Å²) in [6, 6.07) is 0. The molecule has 0 spiro atoms. The van der Waals surface area contributed by atoms with Crippen molar-refractivity contribution < 1.29 is 14.3 Å². The summed E-state index contributed by atoms with van der Waals surface area (Å²) in [5.74, 6) is 0.201. The van der Waals surface area contributed by atoms with E-state index in [9.17, 15) is 9.59 Å². The van der Waals surface area contributed by atoms with Gasteiger partial charge in [0, 0.05) is 5.92 Å². The molecule has 0 bridgehead atoms. The van der Waals surface area contributed by atoms with E-state index in [4.69, 9.17) is 4.74 Å². The van der Waals surface area contributed by atoms with E-state index >= 15 is 0 Å². The second-order valence-electron chi connectivity index (χ2n) is 6.28. The fourth-order valence-corrected chi connectivity index (χ4v) is 4.62. The van der Waals surface area contributed by atoms with Gasteiger partial charge >= 0.3 is 5.97 Å². The number of carbonyl (C=O) groups is 2. The van der Waals surface area contributed by atoms with Crippen LogP contribution in [0, 0.1) is 22.7 Å². The number of fused-ring (bicyclic) bond motifs is 3. The zero-order valence-corrected chi connectivity index (χ0v) is 11.1. The van der Waals surface area contributed by atoms with Crippen LogP contribution in [-0.4, -0.2) is 18.4 Å². The van der Waals surface area contributed by atoms with E-state index in [0.717, 1.165) is 19.3 Å². The van der Waals surface area contributed by atoms with E-state index in [1.165, 1.54) is 5.57 Å². The molecule has 3 heteroatoms. The van der Waals surface area contributed by atoms with E-state index in [2.05, 4.69) is 13.5 Å². The summed E-state index contributed by atoms with van der Waals surface area (Å²) in [6.45, 7) is 8.28. The Morgan fingerprint density at radius 2 is 2.17 bits per heavy atom. The van der Waals surface area contributed by atoms with Crippen LogP contribution in [0.2, 0.25) is 0 Å². The lowest BCUT2D eigenvalue weighted by atomic mass is 9.49. The summed E-state index contributed by atoms with van der Waals surface area (Å²) in [5.41, 5.74) is 0.170. The normalized spacial score (nSPS) is 45.4.